The Kier molecular flexibility index (Phi) is 16.4. The van der Waals surface area contributed by atoms with Crippen LogP contribution in [0.25, 0.3) is 65.9 Å². The van der Waals surface area contributed by atoms with E-state index in [1.807, 2.05) is 65.2 Å². The number of aryl methyl sites for hydroxylation is 2. The van der Waals surface area contributed by atoms with Crippen LogP contribution in [-0.4, -0.2) is 207 Å². The summed E-state index contributed by atoms with van der Waals surface area (Å²) in [7, 11) is 3.30. The van der Waals surface area contributed by atoms with Gasteiger partial charge < -0.3 is 38.2 Å². The van der Waals surface area contributed by atoms with Gasteiger partial charge in [-0.25, -0.2) is 35.9 Å². The van der Waals surface area contributed by atoms with Crippen molar-refractivity contribution in [3.63, 3.8) is 0 Å². The maximum atomic E-state index is 17.4. The monoisotopic (exact) mass is 1480 g/mol. The SMILES string of the molecule is C[C@@H]1Oc2c(Cl)c(-c3c(F)ccc4cnn(C)c34)c(F)c3nc(OC[C@@]45CCCN4C[C@H](F)C5)nc(c23)N2C[C@H]3CC[C@@H]([C@@H]12)N3C(=O)OC(C)(C)C.C[C@@H]1Oc2c(Cl)c(-c3c(F)ccc4cnn(C)c34)c(F)c3nc(OC[C@@]45CCCN4C[C@H](F)C5)nc(c23)N2C[C@H]3CC[C@@H]([C@@H]12)N3C(=O)OC(C)(C)C. The second-order valence-electron chi connectivity index (χ2n) is 32.1. The molecule has 0 aliphatic carbocycles. The fraction of sp³-hybridized carbons (Fsp3) is 0.568. The fourth-order valence-corrected chi connectivity index (χ4v) is 19.8. The van der Waals surface area contributed by atoms with Crippen LogP contribution in [0.3, 0.4) is 0 Å². The molecule has 552 valence electrons. The Morgan fingerprint density at radius 3 is 1.38 bits per heavy atom. The molecular formula is C74H82Cl2F6N14O8. The molecule has 4 bridgehead atoms. The first-order valence-corrected chi connectivity index (χ1v) is 36.8. The Morgan fingerprint density at radius 2 is 0.981 bits per heavy atom. The van der Waals surface area contributed by atoms with Crippen molar-refractivity contribution in [1.82, 2.24) is 59.1 Å². The molecule has 0 spiro atoms. The van der Waals surface area contributed by atoms with Gasteiger partial charge in [-0.1, -0.05) is 23.2 Å². The summed E-state index contributed by atoms with van der Waals surface area (Å²) in [5.41, 5.74) is -2.54. The number of fused-ring (bicyclic) bond motifs is 14. The number of carbonyl (C=O) groups excluding carboxylic acids is 2. The van der Waals surface area contributed by atoms with Crippen LogP contribution in [0.1, 0.15) is 120 Å². The molecule has 104 heavy (non-hydrogen) atoms. The summed E-state index contributed by atoms with van der Waals surface area (Å²) >= 11 is 14.3. The fourth-order valence-electron chi connectivity index (χ4n) is 19.2. The lowest BCUT2D eigenvalue weighted by Gasteiger charge is -2.48. The number of hydrogen-bond donors (Lipinski definition) is 0. The Labute approximate surface area is 606 Å². The zero-order valence-electron chi connectivity index (χ0n) is 59.5. The average Bonchev–Trinajstić information content (AvgIpc) is 1.36. The minimum atomic E-state index is -0.962. The average molecular weight is 1480 g/mol. The standard InChI is InChI=1S/2C37H41ClF3N7O4/c2*1-18-30-23-10-8-21(48(23)35(49)52-36(2,3)4)16-47(30)33-26-29(43-34(44-33)50-17-37-11-6-12-46(37)15-20(39)13-37)28(41)25(27(38)32(26)51-18)24-22(40)9-7-19-14-42-45(5)31(19)24/h2*7,9,14,18,20-21,23,30H,6,8,10-13,15-17H2,1-5H3/t2*18-,20+,21+,23-,30+,37-/m00/s1. The van der Waals surface area contributed by atoms with E-state index in [0.29, 0.717) is 85.3 Å². The highest BCUT2D eigenvalue weighted by Gasteiger charge is 2.58. The van der Waals surface area contributed by atoms with Gasteiger partial charge in [0.1, 0.15) is 83.3 Å². The molecule has 10 aliphatic rings. The normalized spacial score (nSPS) is 28.3. The van der Waals surface area contributed by atoms with E-state index in [4.69, 9.17) is 61.6 Å². The summed E-state index contributed by atoms with van der Waals surface area (Å²) in [6, 6.07) is 3.58. The summed E-state index contributed by atoms with van der Waals surface area (Å²) < 4.78 is 137. The number of aromatic nitrogens is 8. The Morgan fingerprint density at radius 1 is 0.577 bits per heavy atom. The predicted molar refractivity (Wildman–Crippen MR) is 378 cm³/mol. The van der Waals surface area contributed by atoms with Crippen LogP contribution in [0.5, 0.6) is 23.5 Å². The third kappa shape index (κ3) is 11.0. The number of benzene rings is 4. The van der Waals surface area contributed by atoms with Gasteiger partial charge in [-0.3, -0.25) is 29.0 Å². The zero-order chi connectivity index (χ0) is 72.9. The van der Waals surface area contributed by atoms with E-state index in [2.05, 4.69) is 39.8 Å². The van der Waals surface area contributed by atoms with E-state index in [9.17, 15) is 18.4 Å². The van der Waals surface area contributed by atoms with Gasteiger partial charge in [-0.2, -0.15) is 30.1 Å². The minimum absolute atomic E-state index is 0.0745. The molecule has 8 aromatic rings. The summed E-state index contributed by atoms with van der Waals surface area (Å²) in [6.07, 6.45) is 6.15. The van der Waals surface area contributed by atoms with Crippen molar-refractivity contribution < 1.29 is 64.4 Å². The van der Waals surface area contributed by atoms with Gasteiger partial charge in [0.15, 0.2) is 23.1 Å². The van der Waals surface area contributed by atoms with Gasteiger partial charge in [-0.15, -0.1) is 0 Å². The van der Waals surface area contributed by atoms with Crippen LogP contribution in [0.2, 0.25) is 10.0 Å². The zero-order valence-corrected chi connectivity index (χ0v) is 61.0. The Balaban J connectivity index is 0.000000154. The number of piperazine rings is 2. The van der Waals surface area contributed by atoms with E-state index >= 15 is 17.6 Å². The maximum Gasteiger partial charge on any atom is 0.410 e. The van der Waals surface area contributed by atoms with Gasteiger partial charge in [0.05, 0.1) is 91.6 Å². The molecular weight excluding hydrogens is 1400 g/mol. The van der Waals surface area contributed by atoms with E-state index in [1.165, 1.54) is 21.5 Å². The number of carbonyl (C=O) groups is 2. The molecule has 4 aromatic carbocycles. The summed E-state index contributed by atoms with van der Waals surface area (Å²) in [5.74, 6) is -2.17. The first kappa shape index (κ1) is 69.0. The lowest BCUT2D eigenvalue weighted by molar-refractivity contribution is -0.0000124. The number of alkyl halides is 2. The molecule has 0 saturated carbocycles. The molecule has 0 unspecified atom stereocenters. The molecule has 0 N–H and O–H groups in total. The number of amides is 2. The molecule has 0 radical (unpaired) electrons. The lowest BCUT2D eigenvalue weighted by Crippen LogP contribution is -2.65. The number of hydrogen-bond acceptors (Lipinski definition) is 18. The van der Waals surface area contributed by atoms with E-state index in [1.54, 1.807) is 38.6 Å². The van der Waals surface area contributed by atoms with Crippen LogP contribution in [-0.2, 0) is 23.6 Å². The smallest absolute Gasteiger partial charge is 0.410 e. The van der Waals surface area contributed by atoms with Crippen molar-refractivity contribution in [2.24, 2.45) is 14.1 Å². The van der Waals surface area contributed by atoms with Crippen molar-refractivity contribution in [2.45, 2.75) is 203 Å². The van der Waals surface area contributed by atoms with Gasteiger partial charge in [0.25, 0.3) is 0 Å². The number of anilines is 2. The van der Waals surface area contributed by atoms with Gasteiger partial charge in [0.2, 0.25) is 0 Å². The number of ether oxygens (including phenoxy) is 6. The number of nitrogens with zero attached hydrogens (tertiary/aromatic N) is 14. The van der Waals surface area contributed by atoms with Crippen molar-refractivity contribution in [3.8, 4) is 45.8 Å². The number of rotatable bonds is 8. The topological polar surface area (TPSA) is 196 Å². The van der Waals surface area contributed by atoms with E-state index < -0.39 is 94.4 Å². The molecule has 4 aromatic heterocycles. The van der Waals surface area contributed by atoms with E-state index in [0.717, 1.165) is 51.6 Å². The van der Waals surface area contributed by atoms with Crippen molar-refractivity contribution in [2.75, 3.05) is 62.3 Å². The Bertz CT molecular complexity index is 4590. The van der Waals surface area contributed by atoms with Gasteiger partial charge in [0, 0.05) is 86.1 Å². The van der Waals surface area contributed by atoms with Crippen molar-refractivity contribution in [3.05, 3.63) is 70.0 Å². The molecule has 8 saturated heterocycles. The van der Waals surface area contributed by atoms with Crippen molar-refractivity contribution in [1.29, 1.82) is 0 Å². The Hall–Kier alpha value is -8.08. The maximum absolute atomic E-state index is 17.4. The van der Waals surface area contributed by atoms with Crippen molar-refractivity contribution >= 4 is 90.6 Å². The quantitative estimate of drug-likeness (QED) is 0.130. The summed E-state index contributed by atoms with van der Waals surface area (Å²) in [6.45, 7) is 18.0. The highest BCUT2D eigenvalue weighted by atomic mass is 35.5. The highest BCUT2D eigenvalue weighted by Crippen LogP contribution is 2.56. The van der Waals surface area contributed by atoms with Crippen LogP contribution in [0, 0.1) is 23.3 Å². The van der Waals surface area contributed by atoms with Crippen LogP contribution >= 0.6 is 23.2 Å². The third-order valence-electron chi connectivity index (χ3n) is 23.3. The van der Waals surface area contributed by atoms with Gasteiger partial charge >= 0.3 is 24.2 Å². The first-order chi connectivity index (χ1) is 49.5. The minimum Gasteiger partial charge on any atom is -0.486 e. The van der Waals surface area contributed by atoms with E-state index in [-0.39, 0.29) is 115 Å². The largest absolute Gasteiger partial charge is 0.486 e. The first-order valence-electron chi connectivity index (χ1n) is 36.1. The third-order valence-corrected chi connectivity index (χ3v) is 24.0. The summed E-state index contributed by atoms with van der Waals surface area (Å²) in [5, 5.41) is 9.99. The molecule has 10 aliphatic heterocycles. The van der Waals surface area contributed by atoms with Crippen LogP contribution in [0.15, 0.2) is 36.7 Å². The molecule has 12 atom stereocenters. The molecule has 18 rings (SSSR count). The molecule has 2 amide bonds. The molecule has 22 nitrogen and oxygen atoms in total. The molecule has 30 heteroatoms. The van der Waals surface area contributed by atoms with Crippen LogP contribution < -0.4 is 28.7 Å². The molecule has 8 fully saturated rings. The predicted octanol–water partition coefficient (Wildman–Crippen LogP) is 13.6. The lowest BCUT2D eigenvalue weighted by atomic mass is 9.95. The summed E-state index contributed by atoms with van der Waals surface area (Å²) in [4.78, 5) is 58.4. The molecule has 14 heterocycles. The highest BCUT2D eigenvalue weighted by molar-refractivity contribution is 6.38. The number of halogens is 8. The van der Waals surface area contributed by atoms with Gasteiger partial charge in [-0.05, 0) is 144 Å². The van der Waals surface area contributed by atoms with Crippen LogP contribution in [0.4, 0.5) is 47.6 Å². The second kappa shape index (κ2) is 24.8. The second-order valence-corrected chi connectivity index (χ2v) is 32.8.